The van der Waals surface area contributed by atoms with Crippen LogP contribution in [0.2, 0.25) is 0 Å². The normalized spacial score (nSPS) is 10.2. The van der Waals surface area contributed by atoms with Crippen LogP contribution in [-0.4, -0.2) is 30.8 Å². The highest BCUT2D eigenvalue weighted by Crippen LogP contribution is 2.28. The van der Waals surface area contributed by atoms with Gasteiger partial charge in [-0.1, -0.05) is 24.3 Å². The van der Waals surface area contributed by atoms with E-state index in [0.717, 1.165) is 28.3 Å². The van der Waals surface area contributed by atoms with Gasteiger partial charge in [-0.25, -0.2) is 0 Å². The first-order valence-electron chi connectivity index (χ1n) is 7.92. The summed E-state index contributed by atoms with van der Waals surface area (Å²) in [6, 6.07) is 14.0. The van der Waals surface area contributed by atoms with Crippen LogP contribution >= 0.6 is 12.2 Å². The fourth-order valence-corrected chi connectivity index (χ4v) is 2.53. The summed E-state index contributed by atoms with van der Waals surface area (Å²) < 4.78 is 11.0. The molecular formula is C19H24N2O2S. The van der Waals surface area contributed by atoms with Crippen LogP contribution in [0.15, 0.2) is 42.5 Å². The van der Waals surface area contributed by atoms with Gasteiger partial charge in [0.05, 0.1) is 13.7 Å². The number of nitrogens with zero attached hydrogens (tertiary/aromatic N) is 1. The van der Waals surface area contributed by atoms with Gasteiger partial charge in [-0.15, -0.1) is 0 Å². The van der Waals surface area contributed by atoms with E-state index in [2.05, 4.69) is 18.3 Å². The topological polar surface area (TPSA) is 33.7 Å². The molecule has 1 N–H and O–H groups in total. The molecule has 2 aromatic rings. The van der Waals surface area contributed by atoms with Crippen molar-refractivity contribution in [2.45, 2.75) is 20.4 Å². The van der Waals surface area contributed by atoms with Gasteiger partial charge < -0.3 is 19.7 Å². The van der Waals surface area contributed by atoms with Gasteiger partial charge in [0.25, 0.3) is 0 Å². The Labute approximate surface area is 149 Å². The standard InChI is InChI=1S/C19H24N2O2S/c1-5-23-17-11-10-15(12-18(17)22-4)13-21(3)19(24)20-16-9-7-6-8-14(16)2/h6-12H,5,13H2,1-4H3,(H,20,24). The Morgan fingerprint density at radius 2 is 1.92 bits per heavy atom. The molecule has 0 spiro atoms. The number of methoxy groups -OCH3 is 1. The average molecular weight is 344 g/mol. The van der Waals surface area contributed by atoms with Crippen molar-refractivity contribution in [3.8, 4) is 11.5 Å². The van der Waals surface area contributed by atoms with E-state index in [9.17, 15) is 0 Å². The molecule has 0 aromatic heterocycles. The minimum absolute atomic E-state index is 0.611. The highest BCUT2D eigenvalue weighted by Gasteiger charge is 2.10. The van der Waals surface area contributed by atoms with Crippen molar-refractivity contribution < 1.29 is 9.47 Å². The van der Waals surface area contributed by atoms with E-state index in [1.54, 1.807) is 7.11 Å². The predicted molar refractivity (Wildman–Crippen MR) is 103 cm³/mol. The SMILES string of the molecule is CCOc1ccc(CN(C)C(=S)Nc2ccccc2C)cc1OC. The Morgan fingerprint density at radius 1 is 1.17 bits per heavy atom. The Hall–Kier alpha value is -2.27. The number of benzene rings is 2. The smallest absolute Gasteiger partial charge is 0.173 e. The summed E-state index contributed by atoms with van der Waals surface area (Å²) in [7, 11) is 3.62. The number of anilines is 1. The second-order valence-electron chi connectivity index (χ2n) is 5.52. The molecule has 128 valence electrons. The van der Waals surface area contributed by atoms with Gasteiger partial charge in [0.2, 0.25) is 0 Å². The van der Waals surface area contributed by atoms with Crippen LogP contribution in [0.4, 0.5) is 5.69 Å². The molecule has 0 fully saturated rings. The van der Waals surface area contributed by atoms with Gasteiger partial charge in [-0.2, -0.15) is 0 Å². The third kappa shape index (κ3) is 4.61. The van der Waals surface area contributed by atoms with Gasteiger partial charge in [-0.3, -0.25) is 0 Å². The number of thiocarbonyl (C=S) groups is 1. The summed E-state index contributed by atoms with van der Waals surface area (Å²) in [5.41, 5.74) is 3.29. The first-order chi connectivity index (χ1) is 11.5. The van der Waals surface area contributed by atoms with E-state index in [4.69, 9.17) is 21.7 Å². The molecule has 0 saturated heterocycles. The maximum absolute atomic E-state index is 5.55. The van der Waals surface area contributed by atoms with Crippen molar-refractivity contribution in [2.75, 3.05) is 26.1 Å². The minimum atomic E-state index is 0.611. The molecule has 0 aliphatic carbocycles. The van der Waals surface area contributed by atoms with Gasteiger partial charge in [0.1, 0.15) is 0 Å². The molecule has 5 heteroatoms. The van der Waals surface area contributed by atoms with Crippen LogP contribution in [0.3, 0.4) is 0 Å². The van der Waals surface area contributed by atoms with Crippen LogP contribution in [-0.2, 0) is 6.54 Å². The summed E-state index contributed by atoms with van der Waals surface area (Å²) in [6.07, 6.45) is 0. The van der Waals surface area contributed by atoms with Crippen LogP contribution in [0.5, 0.6) is 11.5 Å². The lowest BCUT2D eigenvalue weighted by Gasteiger charge is -2.22. The van der Waals surface area contributed by atoms with E-state index in [-0.39, 0.29) is 0 Å². The highest BCUT2D eigenvalue weighted by atomic mass is 32.1. The first kappa shape index (κ1) is 18.1. The zero-order chi connectivity index (χ0) is 17.5. The average Bonchev–Trinajstić information content (AvgIpc) is 2.58. The molecular weight excluding hydrogens is 320 g/mol. The van der Waals surface area contributed by atoms with Crippen molar-refractivity contribution in [1.29, 1.82) is 0 Å². The summed E-state index contributed by atoms with van der Waals surface area (Å²) in [5.74, 6) is 1.49. The second-order valence-corrected chi connectivity index (χ2v) is 5.91. The molecule has 2 rings (SSSR count). The van der Waals surface area contributed by atoms with E-state index in [0.29, 0.717) is 18.3 Å². The monoisotopic (exact) mass is 344 g/mol. The van der Waals surface area contributed by atoms with E-state index >= 15 is 0 Å². The van der Waals surface area contributed by atoms with Crippen LogP contribution < -0.4 is 14.8 Å². The Kier molecular flexibility index (Phi) is 6.44. The second kappa shape index (κ2) is 8.55. The number of hydrogen-bond donors (Lipinski definition) is 1. The lowest BCUT2D eigenvalue weighted by Crippen LogP contribution is -2.30. The zero-order valence-electron chi connectivity index (χ0n) is 14.6. The number of ether oxygens (including phenoxy) is 2. The third-order valence-electron chi connectivity index (χ3n) is 3.68. The van der Waals surface area contributed by atoms with Crippen LogP contribution in [0.25, 0.3) is 0 Å². The van der Waals surface area contributed by atoms with Gasteiger partial charge in [0, 0.05) is 19.3 Å². The molecule has 0 atom stereocenters. The molecule has 0 amide bonds. The van der Waals surface area contributed by atoms with E-state index < -0.39 is 0 Å². The molecule has 0 aliphatic heterocycles. The quantitative estimate of drug-likeness (QED) is 0.793. The van der Waals surface area contributed by atoms with Gasteiger partial charge >= 0.3 is 0 Å². The van der Waals surface area contributed by atoms with E-state index in [1.165, 1.54) is 0 Å². The Bertz CT molecular complexity index is 704. The van der Waals surface area contributed by atoms with Gasteiger partial charge in [0.15, 0.2) is 16.6 Å². The van der Waals surface area contributed by atoms with Crippen molar-refractivity contribution >= 4 is 23.0 Å². The Balaban J connectivity index is 2.04. The van der Waals surface area contributed by atoms with Crippen molar-refractivity contribution in [1.82, 2.24) is 4.90 Å². The number of para-hydroxylation sites is 1. The molecule has 0 unspecified atom stereocenters. The lowest BCUT2D eigenvalue weighted by molar-refractivity contribution is 0.310. The molecule has 0 heterocycles. The minimum Gasteiger partial charge on any atom is -0.493 e. The number of rotatable bonds is 6. The molecule has 0 bridgehead atoms. The number of nitrogens with one attached hydrogen (secondary N) is 1. The highest BCUT2D eigenvalue weighted by molar-refractivity contribution is 7.80. The maximum atomic E-state index is 5.55. The first-order valence-corrected chi connectivity index (χ1v) is 8.33. The van der Waals surface area contributed by atoms with Crippen LogP contribution in [0.1, 0.15) is 18.1 Å². The van der Waals surface area contributed by atoms with Gasteiger partial charge in [-0.05, 0) is 55.4 Å². The molecule has 24 heavy (non-hydrogen) atoms. The van der Waals surface area contributed by atoms with E-state index in [1.807, 2.05) is 55.3 Å². The largest absolute Gasteiger partial charge is 0.493 e. The summed E-state index contributed by atoms with van der Waals surface area (Å²) in [6.45, 7) is 5.31. The number of aryl methyl sites for hydroxylation is 1. The molecule has 0 aliphatic rings. The molecule has 4 nitrogen and oxygen atoms in total. The summed E-state index contributed by atoms with van der Waals surface area (Å²) in [4.78, 5) is 2.00. The summed E-state index contributed by atoms with van der Waals surface area (Å²) in [5, 5.41) is 3.97. The lowest BCUT2D eigenvalue weighted by atomic mass is 10.2. The fraction of sp³-hybridized carbons (Fsp3) is 0.316. The third-order valence-corrected chi connectivity index (χ3v) is 4.09. The molecule has 0 radical (unpaired) electrons. The van der Waals surface area contributed by atoms with Crippen molar-refractivity contribution in [2.24, 2.45) is 0 Å². The Morgan fingerprint density at radius 3 is 2.58 bits per heavy atom. The zero-order valence-corrected chi connectivity index (χ0v) is 15.4. The number of hydrogen-bond acceptors (Lipinski definition) is 3. The van der Waals surface area contributed by atoms with Crippen molar-refractivity contribution in [3.05, 3.63) is 53.6 Å². The van der Waals surface area contributed by atoms with Crippen LogP contribution in [0, 0.1) is 6.92 Å². The molecule has 0 saturated carbocycles. The summed E-state index contributed by atoms with van der Waals surface area (Å²) >= 11 is 5.50. The van der Waals surface area contributed by atoms with Crippen molar-refractivity contribution in [3.63, 3.8) is 0 Å². The predicted octanol–water partition coefficient (Wildman–Crippen LogP) is 4.23. The maximum Gasteiger partial charge on any atom is 0.173 e. The fourth-order valence-electron chi connectivity index (χ4n) is 2.35. The molecule has 2 aromatic carbocycles.